The molecule has 0 aliphatic rings. The number of halogens is 1. The van der Waals surface area contributed by atoms with Gasteiger partial charge in [-0.05, 0) is 43.5 Å². The van der Waals surface area contributed by atoms with E-state index in [4.69, 9.17) is 20.8 Å². The third-order valence-electron chi connectivity index (χ3n) is 5.05. The van der Waals surface area contributed by atoms with Crippen LogP contribution >= 0.6 is 11.6 Å². The summed E-state index contributed by atoms with van der Waals surface area (Å²) in [5.74, 6) is -1.03. The molecule has 0 fully saturated rings. The second-order valence-corrected chi connectivity index (χ2v) is 7.63. The van der Waals surface area contributed by atoms with Gasteiger partial charge in [0.25, 0.3) is 0 Å². The molecule has 0 bridgehead atoms. The van der Waals surface area contributed by atoms with Gasteiger partial charge in [0.1, 0.15) is 5.75 Å². The SMILES string of the molecule is CCCc1cc2c(oc(=O)n2CC)c(CCC)c1O[C@H](C(=O)O)c1ccc(Cl)cc1. The Bertz CT molecular complexity index is 1100. The lowest BCUT2D eigenvalue weighted by molar-refractivity contribution is -0.145. The van der Waals surface area contributed by atoms with E-state index in [2.05, 4.69) is 0 Å². The van der Waals surface area contributed by atoms with Gasteiger partial charge in [-0.3, -0.25) is 4.57 Å². The molecule has 0 aliphatic heterocycles. The highest BCUT2D eigenvalue weighted by molar-refractivity contribution is 6.30. The number of aliphatic carboxylic acids is 1. The predicted molar refractivity (Wildman–Crippen MR) is 117 cm³/mol. The Morgan fingerprint density at radius 2 is 1.83 bits per heavy atom. The lowest BCUT2D eigenvalue weighted by Crippen LogP contribution is -2.19. The lowest BCUT2D eigenvalue weighted by atomic mass is 9.99. The molecule has 0 spiro atoms. The smallest absolute Gasteiger partial charge is 0.419 e. The molecule has 6 nitrogen and oxygen atoms in total. The van der Waals surface area contributed by atoms with Crippen molar-refractivity contribution in [3.63, 3.8) is 0 Å². The van der Waals surface area contributed by atoms with Gasteiger partial charge < -0.3 is 14.3 Å². The Morgan fingerprint density at radius 1 is 1.17 bits per heavy atom. The molecule has 3 aromatic rings. The summed E-state index contributed by atoms with van der Waals surface area (Å²) in [6, 6.07) is 8.46. The molecule has 0 radical (unpaired) electrons. The fourth-order valence-corrected chi connectivity index (χ4v) is 3.82. The molecule has 1 atom stereocenters. The Labute approximate surface area is 180 Å². The maximum absolute atomic E-state index is 12.3. The van der Waals surface area contributed by atoms with E-state index in [9.17, 15) is 14.7 Å². The Morgan fingerprint density at radius 3 is 2.40 bits per heavy atom. The van der Waals surface area contributed by atoms with Crippen molar-refractivity contribution in [3.8, 4) is 5.75 Å². The van der Waals surface area contributed by atoms with Crippen LogP contribution in [-0.2, 0) is 24.2 Å². The molecule has 160 valence electrons. The fourth-order valence-electron chi connectivity index (χ4n) is 3.70. The number of hydrogen-bond acceptors (Lipinski definition) is 4. The van der Waals surface area contributed by atoms with Crippen molar-refractivity contribution in [3.05, 3.63) is 62.6 Å². The molecule has 0 unspecified atom stereocenters. The van der Waals surface area contributed by atoms with E-state index >= 15 is 0 Å². The molecule has 1 heterocycles. The van der Waals surface area contributed by atoms with Crippen LogP contribution in [-0.4, -0.2) is 15.6 Å². The summed E-state index contributed by atoms with van der Waals surface area (Å²) in [6.45, 7) is 6.45. The summed E-state index contributed by atoms with van der Waals surface area (Å²) in [7, 11) is 0. The molecule has 0 amide bonds. The normalized spacial score (nSPS) is 12.3. The molecule has 1 aromatic heterocycles. The number of carboxylic acids is 1. The molecule has 0 aliphatic carbocycles. The zero-order valence-electron chi connectivity index (χ0n) is 17.4. The van der Waals surface area contributed by atoms with Gasteiger partial charge in [-0.1, -0.05) is 50.4 Å². The van der Waals surface area contributed by atoms with Gasteiger partial charge in [0, 0.05) is 22.7 Å². The summed E-state index contributed by atoms with van der Waals surface area (Å²) >= 11 is 5.95. The van der Waals surface area contributed by atoms with Gasteiger partial charge >= 0.3 is 11.7 Å². The number of nitrogens with zero attached hydrogens (tertiary/aromatic N) is 1. The first-order valence-corrected chi connectivity index (χ1v) is 10.6. The summed E-state index contributed by atoms with van der Waals surface area (Å²) in [6.07, 6.45) is 1.73. The summed E-state index contributed by atoms with van der Waals surface area (Å²) in [4.78, 5) is 24.4. The molecular weight excluding hydrogens is 406 g/mol. The number of aryl methyl sites for hydroxylation is 3. The van der Waals surface area contributed by atoms with Crippen molar-refractivity contribution < 1.29 is 19.1 Å². The molecule has 1 N–H and O–H groups in total. The first-order chi connectivity index (χ1) is 14.4. The van der Waals surface area contributed by atoms with Gasteiger partial charge in [-0.25, -0.2) is 9.59 Å². The van der Waals surface area contributed by atoms with Crippen LogP contribution in [0.5, 0.6) is 5.75 Å². The largest absolute Gasteiger partial charge is 0.478 e. The Kier molecular flexibility index (Phi) is 6.87. The number of carboxylic acid groups (broad SMARTS) is 1. The number of aromatic nitrogens is 1. The van der Waals surface area contributed by atoms with Gasteiger partial charge in [0.05, 0.1) is 5.52 Å². The average molecular weight is 432 g/mol. The van der Waals surface area contributed by atoms with E-state index in [1.807, 2.05) is 26.8 Å². The van der Waals surface area contributed by atoms with E-state index in [1.165, 1.54) is 0 Å². The summed E-state index contributed by atoms with van der Waals surface area (Å²) in [5, 5.41) is 10.4. The quantitative estimate of drug-likeness (QED) is 0.492. The first-order valence-electron chi connectivity index (χ1n) is 10.2. The van der Waals surface area contributed by atoms with Crippen LogP contribution < -0.4 is 10.5 Å². The minimum atomic E-state index is -1.20. The topological polar surface area (TPSA) is 81.7 Å². The number of ether oxygens (including phenoxy) is 1. The second kappa shape index (κ2) is 9.39. The van der Waals surface area contributed by atoms with Crippen molar-refractivity contribution >= 4 is 28.7 Å². The standard InChI is InChI=1S/C23H26ClNO5/c1-4-7-15-13-18-21(30-23(28)25(18)6-3)17(8-5-2)19(15)29-20(22(26)27)14-9-11-16(24)12-10-14/h9-13,20H,4-8H2,1-3H3,(H,26,27)/t20-/m0/s1. The van der Waals surface area contributed by atoms with Crippen molar-refractivity contribution in [2.45, 2.75) is 59.1 Å². The molecule has 0 saturated heterocycles. The molecule has 2 aromatic carbocycles. The Hall–Kier alpha value is -2.73. The molecular formula is C23H26ClNO5. The van der Waals surface area contributed by atoms with Crippen LogP contribution in [0.25, 0.3) is 11.1 Å². The minimum Gasteiger partial charge on any atom is -0.478 e. The van der Waals surface area contributed by atoms with E-state index < -0.39 is 17.8 Å². The van der Waals surface area contributed by atoms with Crippen molar-refractivity contribution in [1.29, 1.82) is 0 Å². The highest BCUT2D eigenvalue weighted by Crippen LogP contribution is 2.37. The number of rotatable bonds is 9. The number of oxazole rings is 1. The monoisotopic (exact) mass is 431 g/mol. The molecule has 30 heavy (non-hydrogen) atoms. The van der Waals surface area contributed by atoms with Crippen molar-refractivity contribution in [2.75, 3.05) is 0 Å². The average Bonchev–Trinajstić information content (AvgIpc) is 3.03. The van der Waals surface area contributed by atoms with Crippen LogP contribution in [0, 0.1) is 0 Å². The number of hydrogen-bond donors (Lipinski definition) is 1. The summed E-state index contributed by atoms with van der Waals surface area (Å²) in [5.41, 5.74) is 3.29. The van der Waals surface area contributed by atoms with Gasteiger partial charge in [0.2, 0.25) is 6.10 Å². The Balaban J connectivity index is 2.22. The summed E-state index contributed by atoms with van der Waals surface area (Å²) < 4.78 is 13.3. The van der Waals surface area contributed by atoms with Crippen LogP contribution in [0.1, 0.15) is 56.4 Å². The molecule has 3 rings (SSSR count). The van der Waals surface area contributed by atoms with E-state index in [1.54, 1.807) is 28.8 Å². The lowest BCUT2D eigenvalue weighted by Gasteiger charge is -2.21. The third-order valence-corrected chi connectivity index (χ3v) is 5.30. The van der Waals surface area contributed by atoms with Crippen LogP contribution in [0.3, 0.4) is 0 Å². The van der Waals surface area contributed by atoms with E-state index in [0.29, 0.717) is 41.3 Å². The predicted octanol–water partition coefficient (Wildman–Crippen LogP) is 5.38. The zero-order chi connectivity index (χ0) is 21.8. The fraction of sp³-hybridized carbons (Fsp3) is 0.391. The molecule has 7 heteroatoms. The first kappa shape index (κ1) is 22.0. The van der Waals surface area contributed by atoms with Gasteiger partial charge in [-0.15, -0.1) is 0 Å². The number of benzene rings is 2. The second-order valence-electron chi connectivity index (χ2n) is 7.19. The van der Waals surface area contributed by atoms with Crippen LogP contribution in [0.4, 0.5) is 0 Å². The van der Waals surface area contributed by atoms with Gasteiger partial charge in [0.15, 0.2) is 5.58 Å². The number of carbonyl (C=O) groups is 1. The highest BCUT2D eigenvalue weighted by atomic mass is 35.5. The maximum atomic E-state index is 12.3. The van der Waals surface area contributed by atoms with E-state index in [0.717, 1.165) is 29.5 Å². The van der Waals surface area contributed by atoms with Gasteiger partial charge in [-0.2, -0.15) is 0 Å². The third kappa shape index (κ3) is 4.24. The number of fused-ring (bicyclic) bond motifs is 1. The van der Waals surface area contributed by atoms with Crippen molar-refractivity contribution in [1.82, 2.24) is 4.57 Å². The zero-order valence-corrected chi connectivity index (χ0v) is 18.2. The van der Waals surface area contributed by atoms with Crippen LogP contribution in [0.15, 0.2) is 39.5 Å². The minimum absolute atomic E-state index is 0.420. The maximum Gasteiger partial charge on any atom is 0.419 e. The highest BCUT2D eigenvalue weighted by Gasteiger charge is 2.27. The van der Waals surface area contributed by atoms with Crippen molar-refractivity contribution in [2.24, 2.45) is 0 Å². The molecule has 0 saturated carbocycles. The van der Waals surface area contributed by atoms with Crippen LogP contribution in [0.2, 0.25) is 5.02 Å². The van der Waals surface area contributed by atoms with E-state index in [-0.39, 0.29) is 0 Å².